The van der Waals surface area contributed by atoms with Crippen molar-refractivity contribution in [3.8, 4) is 11.3 Å². The predicted octanol–water partition coefficient (Wildman–Crippen LogP) is 3.26. The Bertz CT molecular complexity index is 1190. The number of benzene rings is 1. The maximum Gasteiger partial charge on any atom is 0.416 e. The fourth-order valence-corrected chi connectivity index (χ4v) is 3.89. The zero-order valence-electron chi connectivity index (χ0n) is 19.5. The molecule has 0 unspecified atom stereocenters. The summed E-state index contributed by atoms with van der Waals surface area (Å²) in [4.78, 5) is 24.6. The van der Waals surface area contributed by atoms with Gasteiger partial charge in [0, 0.05) is 38.3 Å². The molecule has 1 fully saturated rings. The van der Waals surface area contributed by atoms with Crippen molar-refractivity contribution >= 4 is 17.0 Å². The summed E-state index contributed by atoms with van der Waals surface area (Å²) >= 11 is 0. The number of hydrogen-bond acceptors (Lipinski definition) is 7. The van der Waals surface area contributed by atoms with Crippen molar-refractivity contribution in [3.05, 3.63) is 52.3 Å². The molecular weight excluding hydrogens is 463 g/mol. The van der Waals surface area contributed by atoms with Gasteiger partial charge in [-0.05, 0) is 31.2 Å². The van der Waals surface area contributed by atoms with E-state index >= 15 is 0 Å². The van der Waals surface area contributed by atoms with Gasteiger partial charge in [-0.1, -0.05) is 12.1 Å². The molecule has 1 aliphatic rings. The summed E-state index contributed by atoms with van der Waals surface area (Å²) in [7, 11) is 0. The summed E-state index contributed by atoms with van der Waals surface area (Å²) in [5.74, 6) is 0.228. The first kappa shape index (κ1) is 25.1. The molecule has 8 nitrogen and oxygen atoms in total. The number of nitrogens with zero attached hydrogens (tertiary/aromatic N) is 4. The highest BCUT2D eigenvalue weighted by Gasteiger charge is 2.30. The van der Waals surface area contributed by atoms with Crippen LogP contribution in [0.2, 0.25) is 0 Å². The van der Waals surface area contributed by atoms with Crippen LogP contribution in [0, 0.1) is 0 Å². The van der Waals surface area contributed by atoms with E-state index in [1.807, 2.05) is 6.92 Å². The number of pyridine rings is 1. The zero-order chi connectivity index (χ0) is 24.8. The minimum atomic E-state index is -4.41. The van der Waals surface area contributed by atoms with Crippen molar-refractivity contribution in [2.24, 2.45) is 0 Å². The van der Waals surface area contributed by atoms with Gasteiger partial charge in [0.15, 0.2) is 11.5 Å². The maximum atomic E-state index is 13.2. The summed E-state index contributed by atoms with van der Waals surface area (Å²) in [6.07, 6.45) is -4.41. The first-order valence-electron chi connectivity index (χ1n) is 11.6. The molecule has 4 rings (SSSR count). The van der Waals surface area contributed by atoms with Crippen molar-refractivity contribution in [1.29, 1.82) is 0 Å². The van der Waals surface area contributed by atoms with Gasteiger partial charge in [-0.3, -0.25) is 14.3 Å². The first-order chi connectivity index (χ1) is 16.9. The van der Waals surface area contributed by atoms with Crippen molar-refractivity contribution in [1.82, 2.24) is 19.4 Å². The molecule has 1 N–H and O–H groups in total. The molecule has 0 aliphatic carbocycles. The Morgan fingerprint density at radius 1 is 1.06 bits per heavy atom. The number of halogens is 3. The summed E-state index contributed by atoms with van der Waals surface area (Å²) in [6, 6.07) is 8.18. The lowest BCUT2D eigenvalue weighted by Crippen LogP contribution is -2.39. The maximum absolute atomic E-state index is 13.2. The predicted molar refractivity (Wildman–Crippen MR) is 126 cm³/mol. The summed E-state index contributed by atoms with van der Waals surface area (Å²) in [5.41, 5.74) is 0.764. The Balaban J connectivity index is 1.62. The number of rotatable bonds is 9. The zero-order valence-corrected chi connectivity index (χ0v) is 19.5. The van der Waals surface area contributed by atoms with Gasteiger partial charge in [-0.15, -0.1) is 0 Å². The Morgan fingerprint density at radius 2 is 1.80 bits per heavy atom. The van der Waals surface area contributed by atoms with E-state index < -0.39 is 11.7 Å². The van der Waals surface area contributed by atoms with Crippen molar-refractivity contribution < 1.29 is 22.6 Å². The number of aromatic nitrogens is 3. The topological polar surface area (TPSA) is 81.5 Å². The number of ether oxygens (including phenoxy) is 2. The number of fused-ring (bicyclic) bond motifs is 1. The van der Waals surface area contributed by atoms with Crippen LogP contribution in [0.15, 0.2) is 41.2 Å². The quantitative estimate of drug-likeness (QED) is 0.460. The second-order valence-electron chi connectivity index (χ2n) is 8.11. The van der Waals surface area contributed by atoms with Crippen LogP contribution in [0.4, 0.5) is 19.0 Å². The van der Waals surface area contributed by atoms with Gasteiger partial charge >= 0.3 is 6.18 Å². The minimum absolute atomic E-state index is 0.228. The highest BCUT2D eigenvalue weighted by Crippen LogP contribution is 2.31. The van der Waals surface area contributed by atoms with E-state index in [4.69, 9.17) is 9.47 Å². The molecule has 1 aliphatic heterocycles. The number of morpholine rings is 1. The summed E-state index contributed by atoms with van der Waals surface area (Å²) < 4.78 is 51.1. The monoisotopic (exact) mass is 491 g/mol. The van der Waals surface area contributed by atoms with Gasteiger partial charge in [0.2, 0.25) is 0 Å². The van der Waals surface area contributed by atoms with E-state index in [0.717, 1.165) is 31.8 Å². The van der Waals surface area contributed by atoms with E-state index in [1.54, 1.807) is 12.1 Å². The highest BCUT2D eigenvalue weighted by molar-refractivity contribution is 5.76. The number of alkyl halides is 3. The van der Waals surface area contributed by atoms with Crippen molar-refractivity contribution in [2.45, 2.75) is 19.6 Å². The van der Waals surface area contributed by atoms with Crippen LogP contribution in [0.3, 0.4) is 0 Å². The minimum Gasteiger partial charge on any atom is -0.380 e. The molecule has 0 atom stereocenters. The van der Waals surface area contributed by atoms with Crippen molar-refractivity contribution in [2.75, 3.05) is 57.9 Å². The third-order valence-corrected chi connectivity index (χ3v) is 5.79. The number of nitrogens with one attached hydrogen (secondary N) is 1. The van der Waals surface area contributed by atoms with E-state index in [-0.39, 0.29) is 17.9 Å². The number of anilines is 1. The molecule has 11 heteroatoms. The van der Waals surface area contributed by atoms with Crippen LogP contribution in [-0.4, -0.2) is 72.0 Å². The molecule has 3 heterocycles. The Kier molecular flexibility index (Phi) is 7.99. The lowest BCUT2D eigenvalue weighted by molar-refractivity contribution is -0.137. The summed E-state index contributed by atoms with van der Waals surface area (Å²) in [5, 5.41) is 3.15. The number of hydrogen-bond donors (Lipinski definition) is 1. The smallest absolute Gasteiger partial charge is 0.380 e. The average Bonchev–Trinajstić information content (AvgIpc) is 2.86. The molecule has 35 heavy (non-hydrogen) atoms. The van der Waals surface area contributed by atoms with Crippen molar-refractivity contribution in [3.63, 3.8) is 0 Å². The molecule has 0 bridgehead atoms. The molecule has 0 spiro atoms. The van der Waals surface area contributed by atoms with Crippen LogP contribution in [-0.2, 0) is 22.2 Å². The van der Waals surface area contributed by atoms with E-state index in [1.165, 1.54) is 16.7 Å². The summed E-state index contributed by atoms with van der Waals surface area (Å²) in [6.45, 7) is 7.37. The van der Waals surface area contributed by atoms with E-state index in [0.29, 0.717) is 55.4 Å². The molecule has 2 aromatic heterocycles. The molecule has 188 valence electrons. The largest absolute Gasteiger partial charge is 0.416 e. The van der Waals surface area contributed by atoms with Gasteiger partial charge in [0.1, 0.15) is 5.52 Å². The van der Waals surface area contributed by atoms with Gasteiger partial charge in [0.25, 0.3) is 5.56 Å². The first-order valence-corrected chi connectivity index (χ1v) is 11.6. The molecule has 0 saturated carbocycles. The van der Waals surface area contributed by atoms with E-state index in [2.05, 4.69) is 20.2 Å². The third kappa shape index (κ3) is 6.16. The standard InChI is InChI=1S/C24H28F3N5O3/c1-2-34-16-13-32-22-20(29-21(23(32)33)28-9-10-31-11-14-35-15-12-31)8-7-19(30-22)17-3-5-18(6-4-17)24(25,26)27/h3-8H,2,9-16H2,1H3,(H,28,29). The lowest BCUT2D eigenvalue weighted by atomic mass is 10.1. The highest BCUT2D eigenvalue weighted by atomic mass is 19.4. The van der Waals surface area contributed by atoms with E-state index in [9.17, 15) is 18.0 Å². The molecule has 0 radical (unpaired) electrons. The van der Waals surface area contributed by atoms with Crippen LogP contribution < -0.4 is 10.9 Å². The third-order valence-electron chi connectivity index (χ3n) is 5.79. The molecule has 1 aromatic carbocycles. The molecule has 1 saturated heterocycles. The second-order valence-corrected chi connectivity index (χ2v) is 8.11. The van der Waals surface area contributed by atoms with Gasteiger partial charge in [-0.25, -0.2) is 9.97 Å². The fraction of sp³-hybridized carbons (Fsp3) is 0.458. The van der Waals surface area contributed by atoms with Gasteiger partial charge in [-0.2, -0.15) is 13.2 Å². The van der Waals surface area contributed by atoms with Gasteiger partial charge < -0.3 is 14.8 Å². The molecule has 3 aromatic rings. The normalized spacial score (nSPS) is 15.0. The van der Waals surface area contributed by atoms with Crippen LogP contribution in [0.5, 0.6) is 0 Å². The lowest BCUT2D eigenvalue weighted by Gasteiger charge is -2.26. The van der Waals surface area contributed by atoms with Crippen LogP contribution in [0.1, 0.15) is 12.5 Å². The Morgan fingerprint density at radius 3 is 2.49 bits per heavy atom. The molecule has 0 amide bonds. The van der Waals surface area contributed by atoms with Crippen LogP contribution in [0.25, 0.3) is 22.4 Å². The SMILES string of the molecule is CCOCCn1c(=O)c(NCCN2CCOCC2)nc2ccc(-c3ccc(C(F)(F)F)cc3)nc21. The van der Waals surface area contributed by atoms with Crippen LogP contribution >= 0.6 is 0 Å². The Hall–Kier alpha value is -3.02. The fourth-order valence-electron chi connectivity index (χ4n) is 3.89. The average molecular weight is 492 g/mol. The molecular formula is C24H28F3N5O3. The Labute approximate surface area is 200 Å². The second kappa shape index (κ2) is 11.1. The van der Waals surface area contributed by atoms with Gasteiger partial charge in [0.05, 0.1) is 37.6 Å².